The van der Waals surface area contributed by atoms with Gasteiger partial charge < -0.3 is 9.32 Å². The van der Waals surface area contributed by atoms with Crippen molar-refractivity contribution in [3.05, 3.63) is 24.2 Å². The fraction of sp³-hybridized carbons (Fsp3) is 0.400. The quantitative estimate of drug-likeness (QED) is 0.708. The molecule has 0 aromatic carbocycles. The third-order valence-corrected chi connectivity index (χ3v) is 2.61. The summed E-state index contributed by atoms with van der Waals surface area (Å²) in [7, 11) is 1.64. The molecule has 0 radical (unpaired) electrons. The van der Waals surface area contributed by atoms with Crippen molar-refractivity contribution in [1.29, 1.82) is 5.26 Å². The third-order valence-electron chi connectivity index (χ3n) is 2.61. The van der Waals surface area contributed by atoms with E-state index in [1.807, 2.05) is 0 Å². The van der Waals surface area contributed by atoms with Gasteiger partial charge in [-0.25, -0.2) is 0 Å². The Labute approximate surface area is 81.7 Å². The number of carbonyl (C=O) groups is 1. The SMILES string of the molecule is CN(C(=O)c1ccco1)C1(C#N)CC1. The summed E-state index contributed by atoms with van der Waals surface area (Å²) in [6, 6.07) is 5.42. The molecule has 1 aromatic heterocycles. The molecule has 14 heavy (non-hydrogen) atoms. The Kier molecular flexibility index (Phi) is 1.81. The van der Waals surface area contributed by atoms with E-state index in [0.717, 1.165) is 12.8 Å². The summed E-state index contributed by atoms with van der Waals surface area (Å²) < 4.78 is 4.98. The zero-order chi connectivity index (χ0) is 10.2. The molecule has 2 rings (SSSR count). The van der Waals surface area contributed by atoms with Crippen LogP contribution in [0, 0.1) is 11.3 Å². The Morgan fingerprint density at radius 2 is 2.43 bits per heavy atom. The molecule has 1 saturated carbocycles. The van der Waals surface area contributed by atoms with Crippen LogP contribution in [0.15, 0.2) is 22.8 Å². The van der Waals surface area contributed by atoms with Crippen LogP contribution in [0.2, 0.25) is 0 Å². The van der Waals surface area contributed by atoms with E-state index < -0.39 is 5.54 Å². The lowest BCUT2D eigenvalue weighted by molar-refractivity contribution is 0.0717. The summed E-state index contributed by atoms with van der Waals surface area (Å²) >= 11 is 0. The molecular formula is C10H10N2O2. The molecule has 1 aliphatic carbocycles. The Hall–Kier alpha value is -1.76. The zero-order valence-corrected chi connectivity index (χ0v) is 7.86. The minimum atomic E-state index is -0.579. The molecule has 1 aliphatic rings. The normalized spacial score (nSPS) is 17.1. The van der Waals surface area contributed by atoms with Crippen LogP contribution < -0.4 is 0 Å². The van der Waals surface area contributed by atoms with Gasteiger partial charge >= 0.3 is 0 Å². The van der Waals surface area contributed by atoms with Crippen LogP contribution in [0.3, 0.4) is 0 Å². The number of carbonyl (C=O) groups excluding carboxylic acids is 1. The van der Waals surface area contributed by atoms with Crippen molar-refractivity contribution in [3.8, 4) is 6.07 Å². The first-order valence-electron chi connectivity index (χ1n) is 4.42. The van der Waals surface area contributed by atoms with Crippen molar-refractivity contribution < 1.29 is 9.21 Å². The first-order chi connectivity index (χ1) is 6.69. The first-order valence-corrected chi connectivity index (χ1v) is 4.42. The standard InChI is InChI=1S/C10H10N2O2/c1-12(10(7-11)4-5-10)9(13)8-3-2-6-14-8/h2-3,6H,4-5H2,1H3. The van der Waals surface area contributed by atoms with E-state index in [2.05, 4.69) is 6.07 Å². The predicted molar refractivity (Wildman–Crippen MR) is 48.4 cm³/mol. The van der Waals surface area contributed by atoms with E-state index in [9.17, 15) is 4.79 Å². The van der Waals surface area contributed by atoms with E-state index in [1.165, 1.54) is 11.2 Å². The van der Waals surface area contributed by atoms with Gasteiger partial charge in [-0.2, -0.15) is 5.26 Å². The molecule has 0 atom stereocenters. The fourth-order valence-electron chi connectivity index (χ4n) is 1.40. The fourth-order valence-corrected chi connectivity index (χ4v) is 1.40. The number of hydrogen-bond donors (Lipinski definition) is 0. The average Bonchev–Trinajstić information content (AvgIpc) is 2.82. The van der Waals surface area contributed by atoms with Crippen molar-refractivity contribution >= 4 is 5.91 Å². The van der Waals surface area contributed by atoms with Gasteiger partial charge in [-0.15, -0.1) is 0 Å². The van der Waals surface area contributed by atoms with E-state index in [0.29, 0.717) is 0 Å². The molecule has 1 amide bonds. The average molecular weight is 190 g/mol. The lowest BCUT2D eigenvalue weighted by Gasteiger charge is -2.20. The van der Waals surface area contributed by atoms with Crippen molar-refractivity contribution in [3.63, 3.8) is 0 Å². The molecule has 0 N–H and O–H groups in total. The predicted octanol–water partition coefficient (Wildman–Crippen LogP) is 1.41. The van der Waals surface area contributed by atoms with Crippen molar-refractivity contribution in [2.75, 3.05) is 7.05 Å². The molecule has 0 spiro atoms. The zero-order valence-electron chi connectivity index (χ0n) is 7.86. The second-order valence-electron chi connectivity index (χ2n) is 3.48. The molecule has 4 heteroatoms. The Morgan fingerprint density at radius 1 is 1.71 bits per heavy atom. The summed E-state index contributed by atoms with van der Waals surface area (Å²) in [5, 5.41) is 8.90. The highest BCUT2D eigenvalue weighted by Crippen LogP contribution is 2.40. The maximum Gasteiger partial charge on any atom is 0.290 e. The molecule has 0 unspecified atom stereocenters. The van der Waals surface area contributed by atoms with Gasteiger partial charge in [-0.05, 0) is 25.0 Å². The van der Waals surface area contributed by atoms with Crippen LogP contribution in [-0.4, -0.2) is 23.4 Å². The summed E-state index contributed by atoms with van der Waals surface area (Å²) in [6.07, 6.45) is 2.96. The maximum atomic E-state index is 11.7. The Bertz CT molecular complexity index is 385. The molecule has 0 aliphatic heterocycles. The maximum absolute atomic E-state index is 11.7. The largest absolute Gasteiger partial charge is 0.459 e. The Balaban J connectivity index is 2.18. The molecule has 1 aromatic rings. The topological polar surface area (TPSA) is 57.2 Å². The number of nitriles is 1. The van der Waals surface area contributed by atoms with Crippen molar-refractivity contribution in [1.82, 2.24) is 4.90 Å². The van der Waals surface area contributed by atoms with E-state index in [4.69, 9.17) is 9.68 Å². The monoisotopic (exact) mass is 190 g/mol. The van der Waals surface area contributed by atoms with Crippen LogP contribution in [0.1, 0.15) is 23.4 Å². The van der Waals surface area contributed by atoms with Gasteiger partial charge in [0.25, 0.3) is 5.91 Å². The number of amides is 1. The van der Waals surface area contributed by atoms with E-state index >= 15 is 0 Å². The molecule has 4 nitrogen and oxygen atoms in total. The van der Waals surface area contributed by atoms with Crippen molar-refractivity contribution in [2.24, 2.45) is 0 Å². The lowest BCUT2D eigenvalue weighted by Crippen LogP contribution is -2.37. The highest BCUT2D eigenvalue weighted by Gasteiger charge is 2.49. The molecule has 0 saturated heterocycles. The number of hydrogen-bond acceptors (Lipinski definition) is 3. The molecule has 1 heterocycles. The number of nitrogens with zero attached hydrogens (tertiary/aromatic N) is 2. The van der Waals surface area contributed by atoms with Crippen LogP contribution in [0.25, 0.3) is 0 Å². The van der Waals surface area contributed by atoms with Crippen LogP contribution in [0.4, 0.5) is 0 Å². The highest BCUT2D eigenvalue weighted by molar-refractivity contribution is 5.92. The number of furan rings is 1. The van der Waals surface area contributed by atoms with Crippen LogP contribution in [0.5, 0.6) is 0 Å². The summed E-state index contributed by atoms with van der Waals surface area (Å²) in [5.74, 6) is 0.0584. The molecule has 72 valence electrons. The van der Waals surface area contributed by atoms with E-state index in [1.54, 1.807) is 19.2 Å². The Morgan fingerprint density at radius 3 is 2.86 bits per heavy atom. The van der Waals surface area contributed by atoms with Gasteiger partial charge in [0.2, 0.25) is 0 Å². The van der Waals surface area contributed by atoms with Crippen molar-refractivity contribution in [2.45, 2.75) is 18.4 Å². The smallest absolute Gasteiger partial charge is 0.290 e. The molecule has 1 fully saturated rings. The van der Waals surface area contributed by atoms with Gasteiger partial charge in [-0.1, -0.05) is 0 Å². The van der Waals surface area contributed by atoms with Gasteiger partial charge in [0, 0.05) is 7.05 Å². The van der Waals surface area contributed by atoms with Gasteiger partial charge in [-0.3, -0.25) is 4.79 Å². The van der Waals surface area contributed by atoms with Gasteiger partial charge in [0.15, 0.2) is 5.76 Å². The summed E-state index contributed by atoms with van der Waals surface area (Å²) in [5.41, 5.74) is -0.579. The third kappa shape index (κ3) is 1.18. The first kappa shape index (κ1) is 8.82. The van der Waals surface area contributed by atoms with Crippen LogP contribution >= 0.6 is 0 Å². The second kappa shape index (κ2) is 2.88. The van der Waals surface area contributed by atoms with Gasteiger partial charge in [0.1, 0.15) is 5.54 Å². The highest BCUT2D eigenvalue weighted by atomic mass is 16.3. The minimum Gasteiger partial charge on any atom is -0.459 e. The van der Waals surface area contributed by atoms with E-state index in [-0.39, 0.29) is 11.7 Å². The lowest BCUT2D eigenvalue weighted by atomic mass is 10.2. The minimum absolute atomic E-state index is 0.228. The summed E-state index contributed by atoms with van der Waals surface area (Å²) in [6.45, 7) is 0. The number of rotatable bonds is 2. The summed E-state index contributed by atoms with van der Waals surface area (Å²) in [4.78, 5) is 13.2. The molecule has 0 bridgehead atoms. The second-order valence-corrected chi connectivity index (χ2v) is 3.48. The van der Waals surface area contributed by atoms with Crippen LogP contribution in [-0.2, 0) is 0 Å². The van der Waals surface area contributed by atoms with Gasteiger partial charge in [0.05, 0.1) is 12.3 Å². The molecular weight excluding hydrogens is 180 g/mol.